The van der Waals surface area contributed by atoms with Crippen LogP contribution in [0.5, 0.6) is 0 Å². The Hall–Kier alpha value is -1.97. The highest BCUT2D eigenvalue weighted by atomic mass is 19.1. The summed E-state index contributed by atoms with van der Waals surface area (Å²) >= 11 is 0. The van der Waals surface area contributed by atoms with Crippen LogP contribution in [0.15, 0.2) is 36.7 Å². The van der Waals surface area contributed by atoms with Gasteiger partial charge in [-0.1, -0.05) is 31.4 Å². The van der Waals surface area contributed by atoms with Crippen LogP contribution in [0, 0.1) is 5.82 Å². The monoisotopic (exact) mass is 271 g/mol. The maximum atomic E-state index is 12.9. The van der Waals surface area contributed by atoms with E-state index in [1.165, 1.54) is 44.2 Å². The third-order valence-corrected chi connectivity index (χ3v) is 3.77. The van der Waals surface area contributed by atoms with Crippen LogP contribution in [0.4, 0.5) is 10.3 Å². The van der Waals surface area contributed by atoms with Crippen molar-refractivity contribution in [3.63, 3.8) is 0 Å². The van der Waals surface area contributed by atoms with Crippen molar-refractivity contribution < 1.29 is 4.39 Å². The Morgan fingerprint density at radius 1 is 0.900 bits per heavy atom. The number of hydrogen-bond acceptors (Lipinski definition) is 3. The Labute approximate surface area is 118 Å². The van der Waals surface area contributed by atoms with Gasteiger partial charge in [0.1, 0.15) is 5.82 Å². The fourth-order valence-electron chi connectivity index (χ4n) is 2.62. The van der Waals surface area contributed by atoms with Crippen molar-refractivity contribution in [2.24, 2.45) is 0 Å². The molecule has 1 heterocycles. The van der Waals surface area contributed by atoms with Gasteiger partial charge in [0.25, 0.3) is 0 Å². The fourth-order valence-corrected chi connectivity index (χ4v) is 2.62. The quantitative estimate of drug-likeness (QED) is 0.916. The highest BCUT2D eigenvalue weighted by Gasteiger charge is 2.13. The van der Waals surface area contributed by atoms with Gasteiger partial charge in [-0.3, -0.25) is 0 Å². The molecule has 3 nitrogen and oxygen atoms in total. The van der Waals surface area contributed by atoms with Crippen molar-refractivity contribution in [3.05, 3.63) is 42.5 Å². The van der Waals surface area contributed by atoms with Crippen LogP contribution in [0.1, 0.15) is 32.1 Å². The molecule has 0 bridgehead atoms. The zero-order valence-corrected chi connectivity index (χ0v) is 11.3. The number of nitrogens with zero attached hydrogens (tertiary/aromatic N) is 2. The summed E-state index contributed by atoms with van der Waals surface area (Å²) in [5.41, 5.74) is 1.83. The summed E-state index contributed by atoms with van der Waals surface area (Å²) in [4.78, 5) is 8.71. The molecule has 3 rings (SSSR count). The Bertz CT molecular complexity index is 545. The van der Waals surface area contributed by atoms with Crippen molar-refractivity contribution in [2.45, 2.75) is 38.1 Å². The average Bonchev–Trinajstić information content (AvgIpc) is 2.50. The zero-order valence-electron chi connectivity index (χ0n) is 11.3. The molecular formula is C16H18FN3. The maximum absolute atomic E-state index is 12.9. The van der Waals surface area contributed by atoms with Gasteiger partial charge < -0.3 is 5.32 Å². The molecule has 0 saturated heterocycles. The lowest BCUT2D eigenvalue weighted by Crippen LogP contribution is -2.23. The molecule has 0 aliphatic heterocycles. The van der Waals surface area contributed by atoms with Crippen LogP contribution in [0.3, 0.4) is 0 Å². The molecule has 1 aromatic heterocycles. The maximum Gasteiger partial charge on any atom is 0.222 e. The molecule has 1 saturated carbocycles. The number of rotatable bonds is 3. The SMILES string of the molecule is Fc1ccc(-c2cnc(NC3CCCCC3)nc2)cc1. The Morgan fingerprint density at radius 3 is 2.20 bits per heavy atom. The Balaban J connectivity index is 1.69. The van der Waals surface area contributed by atoms with Gasteiger partial charge >= 0.3 is 0 Å². The van der Waals surface area contributed by atoms with Crippen molar-refractivity contribution in [3.8, 4) is 11.1 Å². The number of nitrogens with one attached hydrogen (secondary N) is 1. The lowest BCUT2D eigenvalue weighted by atomic mass is 9.96. The summed E-state index contributed by atoms with van der Waals surface area (Å²) in [6.45, 7) is 0. The van der Waals surface area contributed by atoms with Crippen molar-refractivity contribution >= 4 is 5.95 Å². The van der Waals surface area contributed by atoms with E-state index in [2.05, 4.69) is 15.3 Å². The van der Waals surface area contributed by atoms with Gasteiger partial charge in [-0.2, -0.15) is 0 Å². The molecule has 0 amide bonds. The second-order valence-electron chi connectivity index (χ2n) is 5.28. The van der Waals surface area contributed by atoms with E-state index in [1.807, 2.05) is 0 Å². The van der Waals surface area contributed by atoms with Gasteiger partial charge in [0.2, 0.25) is 5.95 Å². The van der Waals surface area contributed by atoms with Gasteiger partial charge in [0, 0.05) is 24.0 Å². The van der Waals surface area contributed by atoms with Crippen molar-refractivity contribution in [2.75, 3.05) is 5.32 Å². The van der Waals surface area contributed by atoms with E-state index in [0.717, 1.165) is 11.1 Å². The fraction of sp³-hybridized carbons (Fsp3) is 0.375. The number of hydrogen-bond donors (Lipinski definition) is 1. The van der Waals surface area contributed by atoms with Crippen LogP contribution in [-0.4, -0.2) is 16.0 Å². The van der Waals surface area contributed by atoms with Gasteiger partial charge in [-0.15, -0.1) is 0 Å². The first-order chi connectivity index (χ1) is 9.81. The van der Waals surface area contributed by atoms with Crippen LogP contribution in [-0.2, 0) is 0 Å². The lowest BCUT2D eigenvalue weighted by molar-refractivity contribution is 0.461. The lowest BCUT2D eigenvalue weighted by Gasteiger charge is -2.22. The molecule has 0 unspecified atom stereocenters. The number of benzene rings is 1. The molecule has 1 aliphatic carbocycles. The molecule has 0 atom stereocenters. The van der Waals surface area contributed by atoms with Gasteiger partial charge in [0.15, 0.2) is 0 Å². The predicted molar refractivity (Wildman–Crippen MR) is 77.9 cm³/mol. The van der Waals surface area contributed by atoms with E-state index in [0.29, 0.717) is 12.0 Å². The summed E-state index contributed by atoms with van der Waals surface area (Å²) < 4.78 is 12.9. The molecule has 1 aliphatic rings. The largest absolute Gasteiger partial charge is 0.351 e. The van der Waals surface area contributed by atoms with E-state index < -0.39 is 0 Å². The second kappa shape index (κ2) is 5.99. The molecule has 104 valence electrons. The predicted octanol–water partition coefficient (Wildman–Crippen LogP) is 4.03. The zero-order chi connectivity index (χ0) is 13.8. The summed E-state index contributed by atoms with van der Waals surface area (Å²) in [6, 6.07) is 6.87. The number of halogens is 1. The van der Waals surface area contributed by atoms with Crippen LogP contribution in [0.25, 0.3) is 11.1 Å². The first kappa shape index (κ1) is 13.0. The standard InChI is InChI=1S/C16H18FN3/c17-14-8-6-12(7-9-14)13-10-18-16(19-11-13)20-15-4-2-1-3-5-15/h6-11,15H,1-5H2,(H,18,19,20). The number of anilines is 1. The minimum Gasteiger partial charge on any atom is -0.351 e. The molecule has 0 spiro atoms. The molecule has 1 fully saturated rings. The summed E-state index contributed by atoms with van der Waals surface area (Å²) in [5.74, 6) is 0.452. The van der Waals surface area contributed by atoms with E-state index >= 15 is 0 Å². The second-order valence-corrected chi connectivity index (χ2v) is 5.28. The Morgan fingerprint density at radius 2 is 1.55 bits per heavy atom. The highest BCUT2D eigenvalue weighted by molar-refractivity contribution is 5.61. The van der Waals surface area contributed by atoms with E-state index in [4.69, 9.17) is 0 Å². The third-order valence-electron chi connectivity index (χ3n) is 3.77. The molecule has 20 heavy (non-hydrogen) atoms. The first-order valence-electron chi connectivity index (χ1n) is 7.16. The number of aromatic nitrogens is 2. The highest BCUT2D eigenvalue weighted by Crippen LogP contribution is 2.21. The van der Waals surface area contributed by atoms with Gasteiger partial charge in [0.05, 0.1) is 0 Å². The van der Waals surface area contributed by atoms with Crippen LogP contribution < -0.4 is 5.32 Å². The summed E-state index contributed by atoms with van der Waals surface area (Å²) in [7, 11) is 0. The molecule has 2 aromatic rings. The molecule has 4 heteroatoms. The van der Waals surface area contributed by atoms with E-state index in [-0.39, 0.29) is 5.82 Å². The first-order valence-corrected chi connectivity index (χ1v) is 7.16. The summed E-state index contributed by atoms with van der Waals surface area (Å²) in [6.07, 6.45) is 9.86. The topological polar surface area (TPSA) is 37.8 Å². The molecule has 0 radical (unpaired) electrons. The Kier molecular flexibility index (Phi) is 3.90. The average molecular weight is 271 g/mol. The minimum absolute atomic E-state index is 0.231. The molecule has 1 aromatic carbocycles. The van der Waals surface area contributed by atoms with Crippen molar-refractivity contribution in [1.29, 1.82) is 0 Å². The van der Waals surface area contributed by atoms with Crippen LogP contribution >= 0.6 is 0 Å². The van der Waals surface area contributed by atoms with Crippen LogP contribution in [0.2, 0.25) is 0 Å². The van der Waals surface area contributed by atoms with E-state index in [1.54, 1.807) is 24.5 Å². The minimum atomic E-state index is -0.231. The van der Waals surface area contributed by atoms with Gasteiger partial charge in [-0.25, -0.2) is 14.4 Å². The van der Waals surface area contributed by atoms with Gasteiger partial charge in [-0.05, 0) is 30.5 Å². The van der Waals surface area contributed by atoms with Crippen molar-refractivity contribution in [1.82, 2.24) is 9.97 Å². The molecular weight excluding hydrogens is 253 g/mol. The van der Waals surface area contributed by atoms with E-state index in [9.17, 15) is 4.39 Å². The smallest absolute Gasteiger partial charge is 0.222 e. The molecule has 1 N–H and O–H groups in total. The normalized spacial score (nSPS) is 16.1. The third kappa shape index (κ3) is 3.13. The summed E-state index contributed by atoms with van der Waals surface area (Å²) in [5, 5.41) is 3.39.